The van der Waals surface area contributed by atoms with Gasteiger partial charge in [0, 0.05) is 13.0 Å². The Bertz CT molecular complexity index is 1460. The lowest BCUT2D eigenvalue weighted by atomic mass is 10.0. The third-order valence-electron chi connectivity index (χ3n) is 12.1. The van der Waals surface area contributed by atoms with E-state index in [1.54, 1.807) is 0 Å². The van der Waals surface area contributed by atoms with Crippen LogP contribution >= 0.6 is 7.82 Å². The van der Waals surface area contributed by atoms with E-state index in [9.17, 15) is 14.3 Å². The lowest BCUT2D eigenvalue weighted by molar-refractivity contribution is -0.870. The van der Waals surface area contributed by atoms with Crippen molar-refractivity contribution in [2.45, 2.75) is 238 Å². The second-order valence-corrected chi connectivity index (χ2v) is 21.7. The number of esters is 1. The zero-order chi connectivity index (χ0) is 51.9. The summed E-state index contributed by atoms with van der Waals surface area (Å²) in [5, 5.41) is 0. The van der Waals surface area contributed by atoms with E-state index >= 15 is 0 Å². The molecule has 71 heavy (non-hydrogen) atoms. The van der Waals surface area contributed by atoms with Gasteiger partial charge in [-0.15, -0.1) is 0 Å². The molecule has 0 rings (SSSR count). The summed E-state index contributed by atoms with van der Waals surface area (Å²) in [5.41, 5.74) is 0. The number of carbonyl (C=O) groups is 1. The molecule has 0 heterocycles. The van der Waals surface area contributed by atoms with Crippen LogP contribution in [0.1, 0.15) is 232 Å². The van der Waals surface area contributed by atoms with Crippen LogP contribution in [0.15, 0.2) is 97.2 Å². The highest BCUT2D eigenvalue weighted by molar-refractivity contribution is 7.47. The molecule has 0 saturated carbocycles. The SMILES string of the molecule is CC/C=C\C/C=C\C/C=C\C/C=C\CCCCCCCCCCCCCCCOCC(COP(=O)(O)OCC[N+](C)(C)C)OC(=O)CCCCCCCCCCCC/C=C\C/C=C\C/C=C\C/C=C\CC. The first-order chi connectivity index (χ1) is 34.6. The minimum atomic E-state index is -4.29. The van der Waals surface area contributed by atoms with Gasteiger partial charge in [0.2, 0.25) is 0 Å². The predicted molar refractivity (Wildman–Crippen MR) is 307 cm³/mol. The lowest BCUT2D eigenvalue weighted by Crippen LogP contribution is -2.37. The van der Waals surface area contributed by atoms with E-state index in [4.69, 9.17) is 18.5 Å². The molecule has 9 heteroatoms. The van der Waals surface area contributed by atoms with Crippen molar-refractivity contribution in [3.63, 3.8) is 0 Å². The van der Waals surface area contributed by atoms with E-state index in [-0.39, 0.29) is 25.8 Å². The van der Waals surface area contributed by atoms with Crippen LogP contribution in [-0.4, -0.2) is 75.6 Å². The number of phosphoric acid groups is 1. The maximum Gasteiger partial charge on any atom is 0.472 e. The van der Waals surface area contributed by atoms with Crippen LogP contribution in [0, 0.1) is 0 Å². The standard InChI is InChI=1S/C62H110NO7P/c1-6-8-10-12-14-16-18-20-22-24-26-28-30-31-32-34-36-38-40-42-44-46-48-50-52-54-57-67-59-61(60-69-71(65,66)68-58-56-63(3,4)5)70-62(64)55-53-51-49-47-45-43-41-39-37-35-33-29-27-25-23-21-19-17-15-13-11-9-7-2/h8-11,14-17,20-23,26-29,61H,6-7,12-13,18-19,24-25,30-60H2,1-5H3/p+1/b10-8-,11-9-,16-14-,17-15-,22-20-,23-21-,28-26-,29-27-. The Morgan fingerprint density at radius 3 is 1.15 bits per heavy atom. The smallest absolute Gasteiger partial charge is 0.457 e. The Morgan fingerprint density at radius 1 is 0.437 bits per heavy atom. The van der Waals surface area contributed by atoms with Crippen molar-refractivity contribution in [2.24, 2.45) is 0 Å². The fourth-order valence-electron chi connectivity index (χ4n) is 7.77. The Kier molecular flexibility index (Phi) is 51.8. The summed E-state index contributed by atoms with van der Waals surface area (Å²) in [6.45, 7) is 5.40. The highest BCUT2D eigenvalue weighted by Gasteiger charge is 2.26. The molecule has 0 radical (unpaired) electrons. The number of quaternary nitrogens is 1. The molecule has 0 aliphatic rings. The molecule has 2 atom stereocenters. The summed E-state index contributed by atoms with van der Waals surface area (Å²) in [5.74, 6) is -0.320. The number of unbranched alkanes of at least 4 members (excludes halogenated alkanes) is 23. The van der Waals surface area contributed by atoms with Crippen molar-refractivity contribution in [3.8, 4) is 0 Å². The third kappa shape index (κ3) is 58.2. The lowest BCUT2D eigenvalue weighted by Gasteiger charge is -2.24. The molecule has 0 aromatic heterocycles. The number of carbonyl (C=O) groups excluding carboxylic acids is 1. The van der Waals surface area contributed by atoms with Crippen molar-refractivity contribution in [1.29, 1.82) is 0 Å². The van der Waals surface area contributed by atoms with Gasteiger partial charge < -0.3 is 18.9 Å². The Balaban J connectivity index is 4.08. The van der Waals surface area contributed by atoms with Crippen LogP contribution in [0.3, 0.4) is 0 Å². The molecule has 0 aromatic rings. The third-order valence-corrected chi connectivity index (χ3v) is 13.1. The van der Waals surface area contributed by atoms with Gasteiger partial charge in [0.25, 0.3) is 0 Å². The number of ether oxygens (including phenoxy) is 2. The molecule has 410 valence electrons. The van der Waals surface area contributed by atoms with Crippen molar-refractivity contribution >= 4 is 13.8 Å². The number of hydrogen-bond acceptors (Lipinski definition) is 6. The molecule has 0 aromatic carbocycles. The maximum absolute atomic E-state index is 12.8. The van der Waals surface area contributed by atoms with Crippen molar-refractivity contribution < 1.29 is 37.3 Å². The molecule has 0 bridgehead atoms. The summed E-state index contributed by atoms with van der Waals surface area (Å²) in [6, 6.07) is 0. The Labute approximate surface area is 438 Å². The van der Waals surface area contributed by atoms with Crippen LogP contribution in [-0.2, 0) is 27.9 Å². The van der Waals surface area contributed by atoms with Gasteiger partial charge in [-0.05, 0) is 89.9 Å². The van der Waals surface area contributed by atoms with E-state index in [2.05, 4.69) is 111 Å². The largest absolute Gasteiger partial charge is 0.472 e. The average Bonchev–Trinajstić information content (AvgIpc) is 3.33. The summed E-state index contributed by atoms with van der Waals surface area (Å²) < 4.78 is 35.3. The Morgan fingerprint density at radius 2 is 0.775 bits per heavy atom. The first-order valence-electron chi connectivity index (χ1n) is 29.0. The van der Waals surface area contributed by atoms with Crippen LogP contribution < -0.4 is 0 Å². The van der Waals surface area contributed by atoms with Gasteiger partial charge in [-0.25, -0.2) is 4.57 Å². The zero-order valence-corrected chi connectivity index (χ0v) is 47.6. The van der Waals surface area contributed by atoms with Gasteiger partial charge in [-0.3, -0.25) is 13.8 Å². The fraction of sp³-hybridized carbons (Fsp3) is 0.726. The molecular formula is C62H111NO7P+. The van der Waals surface area contributed by atoms with Gasteiger partial charge in [-0.2, -0.15) is 0 Å². The second-order valence-electron chi connectivity index (χ2n) is 20.3. The minimum absolute atomic E-state index is 0.0834. The van der Waals surface area contributed by atoms with Gasteiger partial charge >= 0.3 is 13.8 Å². The minimum Gasteiger partial charge on any atom is -0.457 e. The molecule has 0 amide bonds. The van der Waals surface area contributed by atoms with Crippen LogP contribution in [0.2, 0.25) is 0 Å². The van der Waals surface area contributed by atoms with Gasteiger partial charge in [-0.1, -0.05) is 233 Å². The summed E-state index contributed by atoms with van der Waals surface area (Å²) in [6.07, 6.45) is 74.7. The van der Waals surface area contributed by atoms with Crippen LogP contribution in [0.4, 0.5) is 0 Å². The molecule has 0 aliphatic heterocycles. The molecular weight excluding hydrogens is 902 g/mol. The first kappa shape index (κ1) is 68.4. The summed E-state index contributed by atoms with van der Waals surface area (Å²) >= 11 is 0. The molecule has 8 nitrogen and oxygen atoms in total. The molecule has 0 saturated heterocycles. The molecule has 0 aliphatic carbocycles. The molecule has 0 spiro atoms. The van der Waals surface area contributed by atoms with Gasteiger partial charge in [0.05, 0.1) is 34.4 Å². The Hall–Kier alpha value is -2.58. The van der Waals surface area contributed by atoms with E-state index in [0.29, 0.717) is 24.1 Å². The van der Waals surface area contributed by atoms with Crippen LogP contribution in [0.25, 0.3) is 0 Å². The number of hydrogen-bond donors (Lipinski definition) is 1. The number of phosphoric ester groups is 1. The first-order valence-corrected chi connectivity index (χ1v) is 30.5. The number of rotatable bonds is 53. The molecule has 2 unspecified atom stereocenters. The van der Waals surface area contributed by atoms with E-state index < -0.39 is 13.9 Å². The fourth-order valence-corrected chi connectivity index (χ4v) is 8.51. The highest BCUT2D eigenvalue weighted by Crippen LogP contribution is 2.43. The van der Waals surface area contributed by atoms with Crippen LogP contribution in [0.5, 0.6) is 0 Å². The summed E-state index contributed by atoms with van der Waals surface area (Å²) in [4.78, 5) is 23.1. The van der Waals surface area contributed by atoms with Crippen molar-refractivity contribution in [2.75, 3.05) is 54.1 Å². The average molecular weight is 1010 g/mol. The topological polar surface area (TPSA) is 91.3 Å². The monoisotopic (exact) mass is 1010 g/mol. The predicted octanol–water partition coefficient (Wildman–Crippen LogP) is 18.5. The quantitative estimate of drug-likeness (QED) is 0.0213. The van der Waals surface area contributed by atoms with E-state index in [1.807, 2.05) is 21.1 Å². The highest BCUT2D eigenvalue weighted by atomic mass is 31.2. The normalized spacial score (nSPS) is 14.2. The van der Waals surface area contributed by atoms with Gasteiger partial charge in [0.1, 0.15) is 19.3 Å². The summed E-state index contributed by atoms with van der Waals surface area (Å²) in [7, 11) is 1.66. The van der Waals surface area contributed by atoms with Crippen molar-refractivity contribution in [1.82, 2.24) is 0 Å². The number of likely N-dealkylation sites (N-methyl/N-ethyl adjacent to an activating group) is 1. The number of allylic oxidation sites excluding steroid dienone is 16. The number of nitrogens with zero attached hydrogens (tertiary/aromatic N) is 1. The van der Waals surface area contributed by atoms with E-state index in [1.165, 1.54) is 128 Å². The molecule has 0 fully saturated rings. The molecule has 1 N–H and O–H groups in total. The maximum atomic E-state index is 12.8. The van der Waals surface area contributed by atoms with Crippen molar-refractivity contribution in [3.05, 3.63) is 97.2 Å². The second kappa shape index (κ2) is 53.7. The zero-order valence-electron chi connectivity index (χ0n) is 46.7. The van der Waals surface area contributed by atoms with Gasteiger partial charge in [0.15, 0.2) is 0 Å². The van der Waals surface area contributed by atoms with E-state index in [0.717, 1.165) is 83.5 Å².